The largest absolute Gasteiger partial charge is 0.303 e. The molecule has 1 atom stereocenters. The predicted octanol–water partition coefficient (Wildman–Crippen LogP) is 2.25. The zero-order chi connectivity index (χ0) is 12.6. The van der Waals surface area contributed by atoms with E-state index in [0.29, 0.717) is 0 Å². The minimum Gasteiger partial charge on any atom is -0.303 e. The molecule has 0 aliphatic carbocycles. The average molecular weight is 225 g/mol. The highest BCUT2D eigenvalue weighted by Gasteiger charge is 2.24. The quantitative estimate of drug-likeness (QED) is 0.688. The molecule has 1 N–H and O–H groups in total. The highest BCUT2D eigenvalue weighted by molar-refractivity contribution is 5.05. The Bertz CT molecular complexity index is 220. The minimum atomic E-state index is -0.415. The summed E-state index contributed by atoms with van der Waals surface area (Å²) in [5, 5.41) is 12.5. The molecule has 0 aromatic heterocycles. The molecule has 1 unspecified atom stereocenters. The molecule has 0 aliphatic heterocycles. The van der Waals surface area contributed by atoms with Gasteiger partial charge in [0.1, 0.15) is 5.54 Å². The van der Waals surface area contributed by atoms with Crippen molar-refractivity contribution in [1.82, 2.24) is 10.2 Å². The monoisotopic (exact) mass is 225 g/mol. The maximum atomic E-state index is 9.20. The van der Waals surface area contributed by atoms with Crippen molar-refractivity contribution >= 4 is 0 Å². The molecule has 0 saturated carbocycles. The van der Waals surface area contributed by atoms with E-state index in [-0.39, 0.29) is 0 Å². The Morgan fingerprint density at radius 3 is 2.50 bits per heavy atom. The van der Waals surface area contributed by atoms with Crippen LogP contribution in [-0.2, 0) is 0 Å². The fraction of sp³-hybridized carbons (Fsp3) is 0.923. The molecule has 94 valence electrons. The van der Waals surface area contributed by atoms with Gasteiger partial charge in [0.25, 0.3) is 0 Å². The molecular weight excluding hydrogens is 198 g/mol. The average Bonchev–Trinajstić information content (AvgIpc) is 2.23. The Kier molecular flexibility index (Phi) is 7.36. The molecule has 0 fully saturated rings. The summed E-state index contributed by atoms with van der Waals surface area (Å²) in [4.78, 5) is 2.24. The van der Waals surface area contributed by atoms with E-state index in [1.54, 1.807) is 0 Å². The molecule has 0 aromatic carbocycles. The first-order chi connectivity index (χ1) is 7.43. The Labute approximate surface area is 101 Å². The predicted molar refractivity (Wildman–Crippen MR) is 69.3 cm³/mol. The lowest BCUT2D eigenvalue weighted by Gasteiger charge is -2.29. The zero-order valence-corrected chi connectivity index (χ0v) is 11.5. The van der Waals surface area contributed by atoms with Gasteiger partial charge < -0.3 is 4.90 Å². The number of nitrogens with zero attached hydrogens (tertiary/aromatic N) is 2. The van der Waals surface area contributed by atoms with Crippen molar-refractivity contribution in [1.29, 1.82) is 5.26 Å². The molecule has 0 radical (unpaired) electrons. The van der Waals surface area contributed by atoms with Crippen molar-refractivity contribution in [3.8, 4) is 6.07 Å². The second kappa shape index (κ2) is 7.65. The molecule has 0 aliphatic rings. The van der Waals surface area contributed by atoms with Crippen LogP contribution >= 0.6 is 0 Å². The van der Waals surface area contributed by atoms with Gasteiger partial charge in [0, 0.05) is 6.54 Å². The van der Waals surface area contributed by atoms with Crippen LogP contribution in [0.4, 0.5) is 0 Å². The molecule has 0 aromatic rings. The Balaban J connectivity index is 4.05. The van der Waals surface area contributed by atoms with Crippen LogP contribution in [0, 0.1) is 17.2 Å². The van der Waals surface area contributed by atoms with Crippen molar-refractivity contribution in [2.45, 2.75) is 46.1 Å². The van der Waals surface area contributed by atoms with Gasteiger partial charge in [-0.05, 0) is 45.8 Å². The first kappa shape index (κ1) is 15.4. The number of nitrogens with one attached hydrogen (secondary N) is 1. The summed E-state index contributed by atoms with van der Waals surface area (Å²) in [6, 6.07) is 2.38. The van der Waals surface area contributed by atoms with E-state index in [1.165, 1.54) is 6.42 Å². The molecule has 0 rings (SSSR count). The molecular formula is C13H27N3. The molecule has 3 heteroatoms. The summed E-state index contributed by atoms with van der Waals surface area (Å²) in [5.74, 6) is 0.722. The van der Waals surface area contributed by atoms with Crippen LogP contribution in [0.2, 0.25) is 0 Å². The van der Waals surface area contributed by atoms with Crippen molar-refractivity contribution in [3.63, 3.8) is 0 Å². The summed E-state index contributed by atoms with van der Waals surface area (Å²) in [5.41, 5.74) is -0.415. The maximum absolute atomic E-state index is 9.20. The Morgan fingerprint density at radius 1 is 1.44 bits per heavy atom. The lowest BCUT2D eigenvalue weighted by atomic mass is 10.0. The maximum Gasteiger partial charge on any atom is 0.116 e. The molecule has 0 bridgehead atoms. The van der Waals surface area contributed by atoms with E-state index < -0.39 is 5.54 Å². The van der Waals surface area contributed by atoms with E-state index in [2.05, 4.69) is 44.1 Å². The number of likely N-dealkylation sites (N-methyl/N-ethyl adjacent to an activating group) is 1. The van der Waals surface area contributed by atoms with E-state index >= 15 is 0 Å². The number of nitriles is 1. The minimum absolute atomic E-state index is 0.415. The highest BCUT2D eigenvalue weighted by Crippen LogP contribution is 2.07. The van der Waals surface area contributed by atoms with Gasteiger partial charge in [-0.2, -0.15) is 5.26 Å². The lowest BCUT2D eigenvalue weighted by Crippen LogP contribution is -2.50. The standard InChI is InChI=1S/C13H27N3/c1-6-8-15-13(4,10-14)11-16(5)9-7-12(2)3/h12,15H,6-9,11H2,1-5H3. The van der Waals surface area contributed by atoms with Crippen LogP contribution in [0.1, 0.15) is 40.5 Å². The summed E-state index contributed by atoms with van der Waals surface area (Å²) in [6.07, 6.45) is 2.25. The van der Waals surface area contributed by atoms with E-state index in [9.17, 15) is 5.26 Å². The number of rotatable bonds is 8. The van der Waals surface area contributed by atoms with Gasteiger partial charge in [-0.3, -0.25) is 5.32 Å². The van der Waals surface area contributed by atoms with Crippen LogP contribution < -0.4 is 5.32 Å². The number of hydrogen-bond acceptors (Lipinski definition) is 3. The normalized spacial score (nSPS) is 15.1. The highest BCUT2D eigenvalue weighted by atomic mass is 15.1. The molecule has 16 heavy (non-hydrogen) atoms. The van der Waals surface area contributed by atoms with Crippen molar-refractivity contribution in [2.24, 2.45) is 5.92 Å². The van der Waals surface area contributed by atoms with Gasteiger partial charge >= 0.3 is 0 Å². The Hall–Kier alpha value is -0.590. The van der Waals surface area contributed by atoms with Gasteiger partial charge in [0.15, 0.2) is 0 Å². The lowest BCUT2D eigenvalue weighted by molar-refractivity contribution is 0.248. The Morgan fingerprint density at radius 2 is 2.06 bits per heavy atom. The molecule has 0 heterocycles. The zero-order valence-electron chi connectivity index (χ0n) is 11.5. The van der Waals surface area contributed by atoms with Crippen molar-refractivity contribution in [2.75, 3.05) is 26.7 Å². The molecule has 3 nitrogen and oxygen atoms in total. The van der Waals surface area contributed by atoms with Crippen LogP contribution in [0.3, 0.4) is 0 Å². The summed E-state index contributed by atoms with van der Waals surface area (Å²) in [6.45, 7) is 11.3. The van der Waals surface area contributed by atoms with Gasteiger partial charge in [0.05, 0.1) is 6.07 Å². The van der Waals surface area contributed by atoms with Gasteiger partial charge in [0.2, 0.25) is 0 Å². The third kappa shape index (κ3) is 6.81. The molecule has 0 amide bonds. The second-order valence-corrected chi connectivity index (χ2v) is 5.29. The van der Waals surface area contributed by atoms with Crippen LogP contribution in [0.15, 0.2) is 0 Å². The van der Waals surface area contributed by atoms with Gasteiger partial charge in [-0.15, -0.1) is 0 Å². The van der Waals surface area contributed by atoms with Gasteiger partial charge in [-0.1, -0.05) is 20.8 Å². The second-order valence-electron chi connectivity index (χ2n) is 5.29. The third-order valence-corrected chi connectivity index (χ3v) is 2.69. The third-order valence-electron chi connectivity index (χ3n) is 2.69. The smallest absolute Gasteiger partial charge is 0.116 e. The van der Waals surface area contributed by atoms with Crippen LogP contribution in [0.5, 0.6) is 0 Å². The summed E-state index contributed by atoms with van der Waals surface area (Å²) < 4.78 is 0. The summed E-state index contributed by atoms with van der Waals surface area (Å²) in [7, 11) is 2.09. The number of hydrogen-bond donors (Lipinski definition) is 1. The van der Waals surface area contributed by atoms with E-state index in [1.807, 2.05) is 6.92 Å². The van der Waals surface area contributed by atoms with E-state index in [4.69, 9.17) is 0 Å². The fourth-order valence-corrected chi connectivity index (χ4v) is 1.63. The van der Waals surface area contributed by atoms with Gasteiger partial charge in [-0.25, -0.2) is 0 Å². The fourth-order valence-electron chi connectivity index (χ4n) is 1.63. The summed E-state index contributed by atoms with van der Waals surface area (Å²) >= 11 is 0. The molecule has 0 spiro atoms. The van der Waals surface area contributed by atoms with Crippen molar-refractivity contribution < 1.29 is 0 Å². The topological polar surface area (TPSA) is 39.1 Å². The molecule has 0 saturated heterocycles. The van der Waals surface area contributed by atoms with Crippen LogP contribution in [0.25, 0.3) is 0 Å². The van der Waals surface area contributed by atoms with Crippen LogP contribution in [-0.4, -0.2) is 37.1 Å². The van der Waals surface area contributed by atoms with E-state index in [0.717, 1.165) is 32.0 Å². The first-order valence-electron chi connectivity index (χ1n) is 6.28. The first-order valence-corrected chi connectivity index (χ1v) is 6.28. The SMILES string of the molecule is CCCNC(C)(C#N)CN(C)CCC(C)C. The van der Waals surface area contributed by atoms with Crippen molar-refractivity contribution in [3.05, 3.63) is 0 Å².